The van der Waals surface area contributed by atoms with Crippen molar-refractivity contribution in [2.75, 3.05) is 0 Å². The lowest BCUT2D eigenvalue weighted by molar-refractivity contribution is -0.137. The first-order valence-corrected chi connectivity index (χ1v) is 4.88. The lowest BCUT2D eigenvalue weighted by Crippen LogP contribution is -2.01. The van der Waals surface area contributed by atoms with E-state index in [2.05, 4.69) is 0 Å². The van der Waals surface area contributed by atoms with Gasteiger partial charge in [0.05, 0.1) is 0 Å². The molecule has 80 valence electrons. The predicted octanol–water partition coefficient (Wildman–Crippen LogP) is 1.87. The van der Waals surface area contributed by atoms with E-state index in [9.17, 15) is 9.59 Å². The van der Waals surface area contributed by atoms with E-state index < -0.39 is 11.9 Å². The minimum absolute atomic E-state index is 0.0672. The quantitative estimate of drug-likeness (QED) is 0.480. The van der Waals surface area contributed by atoms with E-state index in [1.54, 1.807) is 0 Å². The average Bonchev–Trinajstić information content (AvgIpc) is 2.08. The molecule has 0 heterocycles. The van der Waals surface area contributed by atoms with Crippen molar-refractivity contribution in [3.05, 3.63) is 0 Å². The minimum atomic E-state index is -0.849. The van der Waals surface area contributed by atoms with E-state index in [-0.39, 0.29) is 12.8 Å². The van der Waals surface area contributed by atoms with Crippen LogP contribution in [0.4, 0.5) is 0 Å². The largest absolute Gasteiger partial charge is 0.481 e. The maximum Gasteiger partial charge on any atom is 0.303 e. The number of thiocarbonyl (C=S) groups is 1. The van der Waals surface area contributed by atoms with Crippen LogP contribution in [-0.4, -0.2) is 27.0 Å². The Morgan fingerprint density at radius 3 is 1.86 bits per heavy atom. The molecule has 0 aliphatic carbocycles. The predicted molar refractivity (Wildman–Crippen MR) is 55.6 cm³/mol. The molecule has 0 atom stereocenters. The van der Waals surface area contributed by atoms with Crippen molar-refractivity contribution in [2.45, 2.75) is 38.5 Å². The molecule has 0 amide bonds. The molecule has 0 bridgehead atoms. The van der Waals surface area contributed by atoms with Gasteiger partial charge in [-0.3, -0.25) is 9.59 Å². The van der Waals surface area contributed by atoms with E-state index in [0.29, 0.717) is 19.3 Å². The van der Waals surface area contributed by atoms with Crippen LogP contribution >= 0.6 is 12.2 Å². The Hall–Kier alpha value is -0.970. The molecule has 0 aromatic heterocycles. The molecule has 0 aromatic carbocycles. The third kappa shape index (κ3) is 9.12. The highest BCUT2D eigenvalue weighted by Crippen LogP contribution is 2.05. The second-order valence-corrected chi connectivity index (χ2v) is 3.61. The Morgan fingerprint density at radius 2 is 1.36 bits per heavy atom. The van der Waals surface area contributed by atoms with Crippen molar-refractivity contribution in [3.63, 3.8) is 0 Å². The molecule has 0 aromatic rings. The van der Waals surface area contributed by atoms with Gasteiger partial charge in [0.25, 0.3) is 0 Å². The van der Waals surface area contributed by atoms with Crippen molar-refractivity contribution in [3.8, 4) is 0 Å². The molecule has 0 spiro atoms. The summed E-state index contributed by atoms with van der Waals surface area (Å²) in [7, 11) is 0. The maximum atomic E-state index is 10.2. The summed E-state index contributed by atoms with van der Waals surface area (Å²) >= 11 is 4.94. The lowest BCUT2D eigenvalue weighted by atomic mass is 10.1. The van der Waals surface area contributed by atoms with E-state index >= 15 is 0 Å². The Labute approximate surface area is 87.9 Å². The van der Waals surface area contributed by atoms with Crippen LogP contribution in [-0.2, 0) is 9.59 Å². The summed E-state index contributed by atoms with van der Waals surface area (Å²) in [4.78, 5) is 21.1. The first kappa shape index (κ1) is 13.0. The van der Waals surface area contributed by atoms with Crippen LogP contribution in [0.3, 0.4) is 0 Å². The SMILES string of the molecule is O=C(O)CCCCC(=S)CCC(=O)O. The summed E-state index contributed by atoms with van der Waals surface area (Å²) in [6.07, 6.45) is 2.61. The molecule has 14 heavy (non-hydrogen) atoms. The van der Waals surface area contributed by atoms with E-state index in [4.69, 9.17) is 22.4 Å². The van der Waals surface area contributed by atoms with Gasteiger partial charge in [0.15, 0.2) is 0 Å². The molecule has 0 saturated carbocycles. The maximum absolute atomic E-state index is 10.2. The van der Waals surface area contributed by atoms with Gasteiger partial charge in [-0.2, -0.15) is 0 Å². The zero-order chi connectivity index (χ0) is 11.0. The van der Waals surface area contributed by atoms with E-state index in [1.165, 1.54) is 0 Å². The minimum Gasteiger partial charge on any atom is -0.481 e. The molecular formula is C9H14O4S. The van der Waals surface area contributed by atoms with Crippen LogP contribution in [0.2, 0.25) is 0 Å². The first-order valence-electron chi connectivity index (χ1n) is 4.47. The Morgan fingerprint density at radius 1 is 0.857 bits per heavy atom. The first-order chi connectivity index (χ1) is 6.52. The number of aliphatic carboxylic acids is 2. The van der Waals surface area contributed by atoms with Crippen LogP contribution in [0.1, 0.15) is 38.5 Å². The number of carboxylic acid groups (broad SMARTS) is 2. The zero-order valence-corrected chi connectivity index (χ0v) is 8.68. The number of rotatable bonds is 8. The molecule has 2 N–H and O–H groups in total. The fourth-order valence-electron chi connectivity index (χ4n) is 0.970. The smallest absolute Gasteiger partial charge is 0.303 e. The van der Waals surface area contributed by atoms with Crippen LogP contribution in [0.5, 0.6) is 0 Å². The highest BCUT2D eigenvalue weighted by atomic mass is 32.1. The van der Waals surface area contributed by atoms with Crippen LogP contribution in [0, 0.1) is 0 Å². The van der Waals surface area contributed by atoms with E-state index in [1.807, 2.05) is 0 Å². The van der Waals surface area contributed by atoms with Crippen molar-refractivity contribution < 1.29 is 19.8 Å². The van der Waals surface area contributed by atoms with Crippen LogP contribution in [0.15, 0.2) is 0 Å². The average molecular weight is 218 g/mol. The van der Waals surface area contributed by atoms with Gasteiger partial charge in [-0.15, -0.1) is 0 Å². The Balaban J connectivity index is 3.36. The Bertz CT molecular complexity index is 225. The van der Waals surface area contributed by atoms with Crippen molar-refractivity contribution in [1.29, 1.82) is 0 Å². The molecular weight excluding hydrogens is 204 g/mol. The summed E-state index contributed by atoms with van der Waals surface area (Å²) < 4.78 is 0. The molecule has 4 nitrogen and oxygen atoms in total. The molecule has 0 radical (unpaired) electrons. The fourth-order valence-corrected chi connectivity index (χ4v) is 1.22. The number of carbonyl (C=O) groups is 2. The van der Waals surface area contributed by atoms with Gasteiger partial charge in [0.1, 0.15) is 0 Å². The second-order valence-electron chi connectivity index (χ2n) is 3.03. The number of hydrogen-bond donors (Lipinski definition) is 2. The monoisotopic (exact) mass is 218 g/mol. The van der Waals surface area contributed by atoms with Gasteiger partial charge >= 0.3 is 11.9 Å². The summed E-state index contributed by atoms with van der Waals surface area (Å²) in [6, 6.07) is 0. The van der Waals surface area contributed by atoms with Gasteiger partial charge < -0.3 is 10.2 Å². The number of hydrogen-bond acceptors (Lipinski definition) is 3. The van der Waals surface area contributed by atoms with Gasteiger partial charge in [0.2, 0.25) is 0 Å². The summed E-state index contributed by atoms with van der Waals surface area (Å²) in [5, 5.41) is 16.7. The molecule has 0 aliphatic rings. The highest BCUT2D eigenvalue weighted by molar-refractivity contribution is 7.80. The normalized spacial score (nSPS) is 9.71. The van der Waals surface area contributed by atoms with Crippen molar-refractivity contribution in [2.24, 2.45) is 0 Å². The van der Waals surface area contributed by atoms with Gasteiger partial charge in [-0.25, -0.2) is 0 Å². The third-order valence-electron chi connectivity index (χ3n) is 1.71. The Kier molecular flexibility index (Phi) is 6.92. The van der Waals surface area contributed by atoms with Crippen LogP contribution < -0.4 is 0 Å². The van der Waals surface area contributed by atoms with E-state index in [0.717, 1.165) is 11.3 Å². The second kappa shape index (κ2) is 7.44. The third-order valence-corrected chi connectivity index (χ3v) is 2.12. The summed E-state index contributed by atoms with van der Waals surface area (Å²) in [6.45, 7) is 0. The fraction of sp³-hybridized carbons (Fsp3) is 0.667. The lowest BCUT2D eigenvalue weighted by Gasteiger charge is -2.00. The standard InChI is InChI=1S/C9H14O4S/c10-8(11)4-2-1-3-7(14)5-6-9(12)13/h1-6H2,(H,10,11)(H,12,13). The molecule has 0 unspecified atom stereocenters. The number of unbranched alkanes of at least 4 members (excludes halogenated alkanes) is 1. The number of carboxylic acids is 2. The van der Waals surface area contributed by atoms with Crippen LogP contribution in [0.25, 0.3) is 0 Å². The molecule has 0 rings (SSSR count). The zero-order valence-electron chi connectivity index (χ0n) is 7.86. The molecule has 0 fully saturated rings. The molecule has 5 heteroatoms. The summed E-state index contributed by atoms with van der Waals surface area (Å²) in [5.74, 6) is -1.65. The van der Waals surface area contributed by atoms with Crippen molar-refractivity contribution in [1.82, 2.24) is 0 Å². The van der Waals surface area contributed by atoms with Gasteiger partial charge in [-0.1, -0.05) is 12.2 Å². The van der Waals surface area contributed by atoms with Crippen molar-refractivity contribution >= 4 is 29.0 Å². The van der Waals surface area contributed by atoms with Gasteiger partial charge in [0, 0.05) is 12.8 Å². The summed E-state index contributed by atoms with van der Waals surface area (Å²) in [5.41, 5.74) is 0. The topological polar surface area (TPSA) is 74.6 Å². The molecule has 0 aliphatic heterocycles. The molecule has 0 saturated heterocycles. The van der Waals surface area contributed by atoms with Gasteiger partial charge in [-0.05, 0) is 30.5 Å². The highest BCUT2D eigenvalue weighted by Gasteiger charge is 2.02.